The highest BCUT2D eigenvalue weighted by Gasteiger charge is 2.37. The lowest BCUT2D eigenvalue weighted by molar-refractivity contribution is 0.124. The average molecular weight is 325 g/mol. The first kappa shape index (κ1) is 16.5. The minimum absolute atomic E-state index is 0.0136. The third kappa shape index (κ3) is 4.11. The highest BCUT2D eigenvalue weighted by Crippen LogP contribution is 2.36. The van der Waals surface area contributed by atoms with E-state index in [-0.39, 0.29) is 18.7 Å². The molecular formula is C19H23N3O2. The van der Waals surface area contributed by atoms with Gasteiger partial charge in [-0.05, 0) is 43.4 Å². The van der Waals surface area contributed by atoms with Crippen LogP contribution in [0.15, 0.2) is 48.7 Å². The van der Waals surface area contributed by atoms with E-state index in [1.807, 2.05) is 43.3 Å². The number of carbonyl (C=O) groups excluding carboxylic acids is 1. The van der Waals surface area contributed by atoms with Crippen molar-refractivity contribution in [2.75, 3.05) is 11.9 Å². The Balaban J connectivity index is 1.78. The number of nitrogens with zero attached hydrogens (tertiary/aromatic N) is 2. The van der Waals surface area contributed by atoms with Crippen LogP contribution >= 0.6 is 0 Å². The molecule has 24 heavy (non-hydrogen) atoms. The van der Waals surface area contributed by atoms with Crippen LogP contribution in [0.25, 0.3) is 0 Å². The predicted octanol–water partition coefficient (Wildman–Crippen LogP) is 3.20. The number of aliphatic hydroxyl groups is 1. The van der Waals surface area contributed by atoms with Gasteiger partial charge < -0.3 is 15.3 Å². The van der Waals surface area contributed by atoms with Crippen molar-refractivity contribution in [3.63, 3.8) is 0 Å². The Morgan fingerprint density at radius 2 is 2.08 bits per heavy atom. The number of amides is 2. The van der Waals surface area contributed by atoms with Crippen LogP contribution < -0.4 is 5.32 Å². The average Bonchev–Trinajstić information content (AvgIpc) is 3.40. The summed E-state index contributed by atoms with van der Waals surface area (Å²) in [5, 5.41) is 12.7. The molecule has 0 saturated heterocycles. The Morgan fingerprint density at radius 1 is 1.33 bits per heavy atom. The molecule has 1 atom stereocenters. The van der Waals surface area contributed by atoms with E-state index in [1.165, 1.54) is 0 Å². The number of aliphatic hydroxyl groups excluding tert-OH is 1. The molecule has 0 radical (unpaired) electrons. The van der Waals surface area contributed by atoms with Gasteiger partial charge in [-0.25, -0.2) is 4.79 Å². The van der Waals surface area contributed by atoms with E-state index in [0.717, 1.165) is 29.8 Å². The molecule has 2 amide bonds. The first-order chi connectivity index (χ1) is 11.7. The molecule has 1 aromatic heterocycles. The Labute approximate surface area is 142 Å². The molecule has 0 spiro atoms. The van der Waals surface area contributed by atoms with E-state index in [1.54, 1.807) is 17.2 Å². The molecule has 3 rings (SSSR count). The molecule has 1 heterocycles. The number of anilines is 1. The third-order valence-corrected chi connectivity index (χ3v) is 4.36. The van der Waals surface area contributed by atoms with Crippen LogP contribution in [0.4, 0.5) is 10.5 Å². The second-order valence-corrected chi connectivity index (χ2v) is 6.32. The topological polar surface area (TPSA) is 65.5 Å². The van der Waals surface area contributed by atoms with Gasteiger partial charge in [-0.2, -0.15) is 0 Å². The van der Waals surface area contributed by atoms with Gasteiger partial charge in [-0.1, -0.05) is 30.3 Å². The summed E-state index contributed by atoms with van der Waals surface area (Å²) in [7, 11) is 0. The Hall–Kier alpha value is -2.40. The van der Waals surface area contributed by atoms with Crippen molar-refractivity contribution in [2.45, 2.75) is 32.4 Å². The number of aryl methyl sites for hydroxylation is 1. The normalized spacial score (nSPS) is 14.9. The summed E-state index contributed by atoms with van der Waals surface area (Å²) in [5.74, 6) is 0.392. The molecule has 0 aliphatic heterocycles. The van der Waals surface area contributed by atoms with Crippen LogP contribution in [-0.4, -0.2) is 33.7 Å². The lowest BCUT2D eigenvalue weighted by atomic mass is 10.1. The van der Waals surface area contributed by atoms with E-state index in [0.29, 0.717) is 12.5 Å². The van der Waals surface area contributed by atoms with Crippen molar-refractivity contribution in [1.82, 2.24) is 9.88 Å². The SMILES string of the molecule is Cc1cc(NC(=O)N(Cc2ccccc2)C(CO)C2CC2)ccn1. The van der Waals surface area contributed by atoms with E-state index in [9.17, 15) is 9.90 Å². The van der Waals surface area contributed by atoms with Crippen LogP contribution in [0.2, 0.25) is 0 Å². The summed E-state index contributed by atoms with van der Waals surface area (Å²) in [4.78, 5) is 18.7. The minimum Gasteiger partial charge on any atom is -0.394 e. The molecule has 2 aromatic rings. The van der Waals surface area contributed by atoms with Crippen LogP contribution in [-0.2, 0) is 6.54 Å². The van der Waals surface area contributed by atoms with Crippen molar-refractivity contribution in [2.24, 2.45) is 5.92 Å². The fraction of sp³-hybridized carbons (Fsp3) is 0.368. The van der Waals surface area contributed by atoms with Gasteiger partial charge in [0.05, 0.1) is 12.6 Å². The zero-order chi connectivity index (χ0) is 16.9. The van der Waals surface area contributed by atoms with Crippen molar-refractivity contribution in [3.8, 4) is 0 Å². The molecule has 1 aliphatic rings. The fourth-order valence-electron chi connectivity index (χ4n) is 2.92. The van der Waals surface area contributed by atoms with Crippen LogP contribution in [0, 0.1) is 12.8 Å². The predicted molar refractivity (Wildman–Crippen MR) is 93.6 cm³/mol. The highest BCUT2D eigenvalue weighted by molar-refractivity contribution is 5.89. The first-order valence-corrected chi connectivity index (χ1v) is 8.32. The number of nitrogens with one attached hydrogen (secondary N) is 1. The Morgan fingerprint density at radius 3 is 2.71 bits per heavy atom. The molecule has 1 fully saturated rings. The number of pyridine rings is 1. The number of aromatic nitrogens is 1. The maximum Gasteiger partial charge on any atom is 0.322 e. The summed E-state index contributed by atoms with van der Waals surface area (Å²) < 4.78 is 0. The number of hydrogen-bond donors (Lipinski definition) is 2. The summed E-state index contributed by atoms with van der Waals surface area (Å²) in [5.41, 5.74) is 2.62. The smallest absolute Gasteiger partial charge is 0.322 e. The molecule has 1 aliphatic carbocycles. The third-order valence-electron chi connectivity index (χ3n) is 4.36. The monoisotopic (exact) mass is 325 g/mol. The van der Waals surface area contributed by atoms with E-state index < -0.39 is 0 Å². The number of carbonyl (C=O) groups is 1. The van der Waals surface area contributed by atoms with Crippen molar-refractivity contribution < 1.29 is 9.90 Å². The van der Waals surface area contributed by atoms with Crippen LogP contribution in [0.1, 0.15) is 24.1 Å². The molecule has 1 unspecified atom stereocenters. The number of hydrogen-bond acceptors (Lipinski definition) is 3. The van der Waals surface area contributed by atoms with E-state index >= 15 is 0 Å². The zero-order valence-corrected chi connectivity index (χ0v) is 13.9. The van der Waals surface area contributed by atoms with Gasteiger partial charge >= 0.3 is 6.03 Å². The van der Waals surface area contributed by atoms with E-state index in [2.05, 4.69) is 10.3 Å². The second kappa shape index (κ2) is 7.45. The summed E-state index contributed by atoms with van der Waals surface area (Å²) >= 11 is 0. The number of benzene rings is 1. The van der Waals surface area contributed by atoms with Gasteiger partial charge in [0, 0.05) is 24.1 Å². The summed E-state index contributed by atoms with van der Waals surface area (Å²) in [6.45, 7) is 2.36. The second-order valence-electron chi connectivity index (χ2n) is 6.32. The van der Waals surface area contributed by atoms with Gasteiger partial charge in [-0.15, -0.1) is 0 Å². The molecular weight excluding hydrogens is 302 g/mol. The van der Waals surface area contributed by atoms with Crippen LogP contribution in [0.3, 0.4) is 0 Å². The molecule has 5 nitrogen and oxygen atoms in total. The molecule has 0 bridgehead atoms. The molecule has 2 N–H and O–H groups in total. The largest absolute Gasteiger partial charge is 0.394 e. The first-order valence-electron chi connectivity index (χ1n) is 8.32. The van der Waals surface area contributed by atoms with Crippen LogP contribution in [0.5, 0.6) is 0 Å². The van der Waals surface area contributed by atoms with Gasteiger partial charge in [0.2, 0.25) is 0 Å². The van der Waals surface area contributed by atoms with Gasteiger partial charge in [0.25, 0.3) is 0 Å². The van der Waals surface area contributed by atoms with Gasteiger partial charge in [-0.3, -0.25) is 4.98 Å². The fourth-order valence-corrected chi connectivity index (χ4v) is 2.92. The lowest BCUT2D eigenvalue weighted by Crippen LogP contribution is -2.45. The summed E-state index contributed by atoms with van der Waals surface area (Å²) in [6.07, 6.45) is 3.81. The maximum absolute atomic E-state index is 12.8. The lowest BCUT2D eigenvalue weighted by Gasteiger charge is -2.31. The number of urea groups is 1. The molecule has 1 saturated carbocycles. The highest BCUT2D eigenvalue weighted by atomic mass is 16.3. The standard InChI is InChI=1S/C19H23N3O2/c1-14-11-17(9-10-20-14)21-19(24)22(18(13-23)16-7-8-16)12-15-5-3-2-4-6-15/h2-6,9-11,16,18,23H,7-8,12-13H2,1H3,(H,20,21,24). The molecule has 126 valence electrons. The van der Waals surface area contributed by atoms with Crippen molar-refractivity contribution in [1.29, 1.82) is 0 Å². The van der Waals surface area contributed by atoms with Crippen molar-refractivity contribution >= 4 is 11.7 Å². The minimum atomic E-state index is -0.185. The maximum atomic E-state index is 12.8. The Kier molecular flexibility index (Phi) is 5.11. The quantitative estimate of drug-likeness (QED) is 0.857. The molecule has 1 aromatic carbocycles. The van der Waals surface area contributed by atoms with E-state index in [4.69, 9.17) is 0 Å². The molecule has 5 heteroatoms. The van der Waals surface area contributed by atoms with Crippen molar-refractivity contribution in [3.05, 3.63) is 59.9 Å². The summed E-state index contributed by atoms with van der Waals surface area (Å²) in [6, 6.07) is 13.2. The van der Waals surface area contributed by atoms with Gasteiger partial charge in [0.1, 0.15) is 0 Å². The zero-order valence-electron chi connectivity index (χ0n) is 13.9. The van der Waals surface area contributed by atoms with Gasteiger partial charge in [0.15, 0.2) is 0 Å². The number of rotatable bonds is 6. The Bertz CT molecular complexity index is 686.